The monoisotopic (exact) mass is 362 g/mol. The van der Waals surface area contributed by atoms with Gasteiger partial charge >= 0.3 is 0 Å². The van der Waals surface area contributed by atoms with Crippen molar-refractivity contribution in [2.24, 2.45) is 0 Å². The maximum atomic E-state index is 12.7. The fourth-order valence-electron chi connectivity index (χ4n) is 3.65. The van der Waals surface area contributed by atoms with E-state index >= 15 is 0 Å². The van der Waals surface area contributed by atoms with Crippen molar-refractivity contribution in [3.05, 3.63) is 82.4 Å². The molecule has 3 aromatic rings. The van der Waals surface area contributed by atoms with Crippen molar-refractivity contribution in [1.82, 2.24) is 19.6 Å². The normalized spacial score (nSPS) is 15.7. The number of amides is 1. The summed E-state index contributed by atoms with van der Waals surface area (Å²) >= 11 is 0. The van der Waals surface area contributed by atoms with E-state index in [1.165, 1.54) is 29.0 Å². The number of aromatic nitrogens is 2. The van der Waals surface area contributed by atoms with Crippen LogP contribution in [0.4, 0.5) is 0 Å². The van der Waals surface area contributed by atoms with E-state index in [0.717, 1.165) is 13.1 Å². The molecule has 4 rings (SSSR count). The summed E-state index contributed by atoms with van der Waals surface area (Å²) in [7, 11) is 0. The van der Waals surface area contributed by atoms with E-state index in [1.54, 1.807) is 18.3 Å². The second kappa shape index (κ2) is 7.72. The summed E-state index contributed by atoms with van der Waals surface area (Å²) in [6, 6.07) is 15.6. The molecule has 1 saturated heterocycles. The van der Waals surface area contributed by atoms with E-state index in [1.807, 2.05) is 24.3 Å². The highest BCUT2D eigenvalue weighted by Crippen LogP contribution is 2.24. The molecule has 27 heavy (non-hydrogen) atoms. The van der Waals surface area contributed by atoms with Crippen LogP contribution in [-0.2, 0) is 0 Å². The lowest BCUT2D eigenvalue weighted by molar-refractivity contribution is 0.0936. The van der Waals surface area contributed by atoms with Gasteiger partial charge in [-0.05, 0) is 43.6 Å². The molecule has 0 saturated carbocycles. The molecule has 0 bridgehead atoms. The molecule has 0 spiro atoms. The van der Waals surface area contributed by atoms with Crippen molar-refractivity contribution in [1.29, 1.82) is 0 Å². The van der Waals surface area contributed by atoms with Gasteiger partial charge in [-0.2, -0.15) is 0 Å². The topological polar surface area (TPSA) is 66.7 Å². The van der Waals surface area contributed by atoms with E-state index in [0.29, 0.717) is 12.2 Å². The van der Waals surface area contributed by atoms with E-state index in [4.69, 9.17) is 0 Å². The van der Waals surface area contributed by atoms with Crippen LogP contribution < -0.4 is 10.9 Å². The zero-order valence-corrected chi connectivity index (χ0v) is 15.0. The molecule has 138 valence electrons. The quantitative estimate of drug-likeness (QED) is 0.756. The number of benzene rings is 1. The highest BCUT2D eigenvalue weighted by atomic mass is 16.2. The van der Waals surface area contributed by atoms with Crippen LogP contribution in [0.5, 0.6) is 0 Å². The molecule has 0 radical (unpaired) electrons. The fraction of sp³-hybridized carbons (Fsp3) is 0.286. The largest absolute Gasteiger partial charge is 0.350 e. The standard InChI is InChI=1S/C21H22N4O2/c26-20(17-14-22-19-10-4-5-13-25(19)21(17)27)23-15-18(24-11-6-7-12-24)16-8-2-1-3-9-16/h1-5,8-10,13-14,18H,6-7,11-12,15H2,(H,23,26). The summed E-state index contributed by atoms with van der Waals surface area (Å²) in [5, 5.41) is 2.95. The molecular weight excluding hydrogens is 340 g/mol. The Bertz CT molecular complexity index is 994. The number of likely N-dealkylation sites (tertiary alicyclic amines) is 1. The first-order chi connectivity index (χ1) is 13.2. The minimum atomic E-state index is -0.383. The van der Waals surface area contributed by atoms with Gasteiger partial charge in [-0.3, -0.25) is 18.9 Å². The van der Waals surface area contributed by atoms with E-state index in [9.17, 15) is 9.59 Å². The first kappa shape index (κ1) is 17.4. The van der Waals surface area contributed by atoms with Crippen LogP contribution in [0, 0.1) is 0 Å². The average Bonchev–Trinajstić information content (AvgIpc) is 3.24. The molecule has 2 aromatic heterocycles. The number of nitrogens with zero attached hydrogens (tertiary/aromatic N) is 3. The number of pyridine rings is 1. The Balaban J connectivity index is 1.55. The van der Waals surface area contributed by atoms with Crippen LogP contribution >= 0.6 is 0 Å². The lowest BCUT2D eigenvalue weighted by Gasteiger charge is -2.28. The molecule has 3 heterocycles. The Labute approximate surface area is 157 Å². The van der Waals surface area contributed by atoms with Gasteiger partial charge in [0.1, 0.15) is 11.2 Å². The second-order valence-electron chi connectivity index (χ2n) is 6.79. The van der Waals surface area contributed by atoms with Crippen LogP contribution in [0.2, 0.25) is 0 Å². The Kier molecular flexibility index (Phi) is 4.98. The van der Waals surface area contributed by atoms with E-state index < -0.39 is 0 Å². The summed E-state index contributed by atoms with van der Waals surface area (Å²) in [5.41, 5.74) is 1.41. The zero-order valence-electron chi connectivity index (χ0n) is 15.0. The molecule has 6 nitrogen and oxygen atoms in total. The maximum Gasteiger partial charge on any atom is 0.270 e. The van der Waals surface area contributed by atoms with Crippen molar-refractivity contribution in [2.45, 2.75) is 18.9 Å². The third kappa shape index (κ3) is 3.61. The van der Waals surface area contributed by atoms with Gasteiger partial charge in [-0.25, -0.2) is 4.98 Å². The van der Waals surface area contributed by atoms with Crippen molar-refractivity contribution < 1.29 is 4.79 Å². The van der Waals surface area contributed by atoms with Crippen LogP contribution in [-0.4, -0.2) is 39.8 Å². The number of hydrogen-bond acceptors (Lipinski definition) is 4. The molecule has 1 N–H and O–H groups in total. The molecule has 1 amide bonds. The SMILES string of the molecule is O=C(NCC(c1ccccc1)N1CCCC1)c1cnc2ccccn2c1=O. The maximum absolute atomic E-state index is 12.7. The molecule has 1 atom stereocenters. The Morgan fingerprint density at radius 1 is 1.07 bits per heavy atom. The summed E-state index contributed by atoms with van der Waals surface area (Å²) in [5.74, 6) is -0.383. The van der Waals surface area contributed by atoms with Gasteiger partial charge in [0.05, 0.1) is 6.04 Å². The van der Waals surface area contributed by atoms with Gasteiger partial charge in [-0.15, -0.1) is 0 Å². The number of hydrogen-bond donors (Lipinski definition) is 1. The predicted molar refractivity (Wildman–Crippen MR) is 104 cm³/mol. The predicted octanol–water partition coefficient (Wildman–Crippen LogP) is 2.26. The van der Waals surface area contributed by atoms with Gasteiger partial charge in [0.15, 0.2) is 0 Å². The smallest absolute Gasteiger partial charge is 0.270 e. The van der Waals surface area contributed by atoms with Crippen molar-refractivity contribution >= 4 is 11.6 Å². The zero-order chi connectivity index (χ0) is 18.6. The molecule has 6 heteroatoms. The van der Waals surface area contributed by atoms with Crippen LogP contribution in [0.15, 0.2) is 65.7 Å². The summed E-state index contributed by atoms with van der Waals surface area (Å²) in [4.78, 5) is 31.9. The van der Waals surface area contributed by atoms with Crippen molar-refractivity contribution in [2.75, 3.05) is 19.6 Å². The Hall–Kier alpha value is -2.99. The first-order valence-electron chi connectivity index (χ1n) is 9.27. The fourth-order valence-corrected chi connectivity index (χ4v) is 3.65. The highest BCUT2D eigenvalue weighted by molar-refractivity contribution is 5.93. The second-order valence-corrected chi connectivity index (χ2v) is 6.79. The Morgan fingerprint density at radius 3 is 2.59 bits per heavy atom. The molecule has 1 aliphatic rings. The minimum Gasteiger partial charge on any atom is -0.350 e. The van der Waals surface area contributed by atoms with Gasteiger partial charge in [-0.1, -0.05) is 36.4 Å². The van der Waals surface area contributed by atoms with Gasteiger partial charge in [0, 0.05) is 18.9 Å². The summed E-state index contributed by atoms with van der Waals surface area (Å²) in [6.45, 7) is 2.50. The lowest BCUT2D eigenvalue weighted by Crippen LogP contribution is -2.38. The molecule has 0 aliphatic carbocycles. The van der Waals surface area contributed by atoms with Gasteiger partial charge in [0.25, 0.3) is 11.5 Å². The van der Waals surface area contributed by atoms with Crippen LogP contribution in [0.3, 0.4) is 0 Å². The van der Waals surface area contributed by atoms with Crippen molar-refractivity contribution in [3.63, 3.8) is 0 Å². The minimum absolute atomic E-state index is 0.0620. The number of fused-ring (bicyclic) bond motifs is 1. The highest BCUT2D eigenvalue weighted by Gasteiger charge is 2.24. The molecule has 1 aromatic carbocycles. The third-order valence-electron chi connectivity index (χ3n) is 5.08. The Morgan fingerprint density at radius 2 is 1.81 bits per heavy atom. The van der Waals surface area contributed by atoms with Crippen LogP contribution in [0.1, 0.15) is 34.8 Å². The number of carbonyl (C=O) groups is 1. The van der Waals surface area contributed by atoms with Gasteiger partial charge in [0.2, 0.25) is 0 Å². The van der Waals surface area contributed by atoms with E-state index in [-0.39, 0.29) is 23.1 Å². The molecule has 1 unspecified atom stereocenters. The third-order valence-corrected chi connectivity index (χ3v) is 5.08. The molecule has 1 aliphatic heterocycles. The lowest BCUT2D eigenvalue weighted by atomic mass is 10.1. The number of rotatable bonds is 5. The summed E-state index contributed by atoms with van der Waals surface area (Å²) < 4.78 is 1.39. The summed E-state index contributed by atoms with van der Waals surface area (Å²) in [6.07, 6.45) is 5.33. The van der Waals surface area contributed by atoms with Crippen molar-refractivity contribution in [3.8, 4) is 0 Å². The molecular formula is C21H22N4O2. The first-order valence-corrected chi connectivity index (χ1v) is 9.27. The van der Waals surface area contributed by atoms with E-state index in [2.05, 4.69) is 27.3 Å². The number of carbonyl (C=O) groups excluding carboxylic acids is 1. The molecule has 1 fully saturated rings. The number of nitrogens with one attached hydrogen (secondary N) is 1. The average molecular weight is 362 g/mol. The van der Waals surface area contributed by atoms with Gasteiger partial charge < -0.3 is 5.32 Å². The van der Waals surface area contributed by atoms with Crippen LogP contribution in [0.25, 0.3) is 5.65 Å².